The second kappa shape index (κ2) is 10.9. The summed E-state index contributed by atoms with van der Waals surface area (Å²) in [6.45, 7) is 8.77. The molecule has 5 rings (SSSR count). The van der Waals surface area contributed by atoms with Crippen LogP contribution in [0.3, 0.4) is 0 Å². The molecule has 202 valence electrons. The van der Waals surface area contributed by atoms with Crippen molar-refractivity contribution in [3.05, 3.63) is 64.7 Å². The van der Waals surface area contributed by atoms with Crippen LogP contribution in [0, 0.1) is 5.92 Å². The summed E-state index contributed by atoms with van der Waals surface area (Å²) in [4.78, 5) is 40.2. The molecule has 2 aromatic heterocycles. The summed E-state index contributed by atoms with van der Waals surface area (Å²) in [5.41, 5.74) is 4.50. The molecule has 4 aromatic rings. The largest absolute Gasteiger partial charge is 0.478 e. The first-order chi connectivity index (χ1) is 18.7. The molecule has 3 heterocycles. The number of carboxylic acid groups (broad SMARTS) is 1. The molecule has 0 unspecified atom stereocenters. The number of anilines is 1. The number of piperazine rings is 1. The Bertz CT molecular complexity index is 1520. The van der Waals surface area contributed by atoms with Gasteiger partial charge >= 0.3 is 12.0 Å². The normalized spacial score (nSPS) is 13.8. The van der Waals surface area contributed by atoms with Crippen LogP contribution >= 0.6 is 11.6 Å². The standard InChI is InChI=1S/C29H30ClN5O4/c1-4-18-7-10-21(15-22(18)28(37)38)39-29-31-24-16-23(30)25(32-26(24)33-29)19-5-8-20(9-6-19)34-11-13-35(14-12-34)27(36)17(2)3/h5-10,15-17H,4,11-14H2,1-3H3,(H,37,38)(H,31,32,33). The van der Waals surface area contributed by atoms with Crippen molar-refractivity contribution < 1.29 is 19.4 Å². The Morgan fingerprint density at radius 3 is 2.41 bits per heavy atom. The van der Waals surface area contributed by atoms with E-state index in [0.29, 0.717) is 47.1 Å². The number of nitrogens with one attached hydrogen (secondary N) is 1. The molecule has 1 fully saturated rings. The number of H-pyrrole nitrogens is 1. The Hall–Kier alpha value is -4.11. The van der Waals surface area contributed by atoms with Gasteiger partial charge in [-0.2, -0.15) is 4.98 Å². The van der Waals surface area contributed by atoms with Crippen molar-refractivity contribution in [3.8, 4) is 23.0 Å². The fraction of sp³-hybridized carbons (Fsp3) is 0.310. The van der Waals surface area contributed by atoms with Crippen molar-refractivity contribution in [1.82, 2.24) is 19.9 Å². The van der Waals surface area contributed by atoms with Gasteiger partial charge in [0.1, 0.15) is 5.75 Å². The second-order valence-electron chi connectivity index (χ2n) is 9.83. The summed E-state index contributed by atoms with van der Waals surface area (Å²) < 4.78 is 5.81. The minimum Gasteiger partial charge on any atom is -0.478 e. The predicted molar refractivity (Wildman–Crippen MR) is 151 cm³/mol. The van der Waals surface area contributed by atoms with E-state index < -0.39 is 5.97 Å². The molecule has 1 saturated heterocycles. The molecule has 1 amide bonds. The van der Waals surface area contributed by atoms with Gasteiger partial charge in [0.15, 0.2) is 5.65 Å². The minimum atomic E-state index is -1.01. The van der Waals surface area contributed by atoms with Crippen molar-refractivity contribution >= 4 is 40.3 Å². The minimum absolute atomic E-state index is 0.0136. The molecule has 2 aromatic carbocycles. The number of fused-ring (bicyclic) bond motifs is 1. The van der Waals surface area contributed by atoms with Crippen molar-refractivity contribution in [2.24, 2.45) is 5.92 Å². The van der Waals surface area contributed by atoms with Gasteiger partial charge in [-0.1, -0.05) is 50.6 Å². The number of ether oxygens (including phenoxy) is 1. The average molecular weight is 548 g/mol. The number of aromatic amines is 1. The van der Waals surface area contributed by atoms with E-state index in [-0.39, 0.29) is 23.4 Å². The van der Waals surface area contributed by atoms with Crippen molar-refractivity contribution in [2.75, 3.05) is 31.1 Å². The highest BCUT2D eigenvalue weighted by atomic mass is 35.5. The predicted octanol–water partition coefficient (Wildman–Crippen LogP) is 5.64. The third-order valence-electron chi connectivity index (χ3n) is 6.90. The number of rotatable bonds is 7. The van der Waals surface area contributed by atoms with Gasteiger partial charge in [-0.05, 0) is 42.3 Å². The van der Waals surface area contributed by atoms with Crippen LogP contribution in [0.4, 0.5) is 5.69 Å². The molecule has 0 saturated carbocycles. The Morgan fingerprint density at radius 1 is 1.05 bits per heavy atom. The SMILES string of the molecule is CCc1ccc(Oc2nc3nc(-c4ccc(N5CCN(C(=O)C(C)C)CC5)cc4)c(Cl)cc3[nH]2)cc1C(=O)O. The van der Waals surface area contributed by atoms with Crippen LogP contribution in [-0.2, 0) is 11.2 Å². The fourth-order valence-electron chi connectivity index (χ4n) is 4.76. The number of aryl methyl sites for hydroxylation is 1. The number of aromatic nitrogens is 3. The van der Waals surface area contributed by atoms with E-state index >= 15 is 0 Å². The monoisotopic (exact) mass is 547 g/mol. The Labute approximate surface area is 231 Å². The molecule has 10 heteroatoms. The zero-order valence-corrected chi connectivity index (χ0v) is 22.8. The summed E-state index contributed by atoms with van der Waals surface area (Å²) in [5.74, 6) is -0.429. The number of pyridine rings is 1. The number of carbonyl (C=O) groups excluding carboxylic acids is 1. The van der Waals surface area contributed by atoms with E-state index in [1.54, 1.807) is 18.2 Å². The molecule has 0 atom stereocenters. The highest BCUT2D eigenvalue weighted by molar-refractivity contribution is 6.33. The zero-order chi connectivity index (χ0) is 27.7. The Balaban J connectivity index is 1.32. The number of amides is 1. The lowest BCUT2D eigenvalue weighted by Crippen LogP contribution is -2.49. The van der Waals surface area contributed by atoms with E-state index in [4.69, 9.17) is 16.3 Å². The number of hydrogen-bond acceptors (Lipinski definition) is 6. The molecule has 0 bridgehead atoms. The number of aromatic carboxylic acids is 1. The number of hydrogen-bond donors (Lipinski definition) is 2. The number of carboxylic acids is 1. The van der Waals surface area contributed by atoms with Gasteiger partial charge in [-0.25, -0.2) is 9.78 Å². The number of halogens is 1. The summed E-state index contributed by atoms with van der Waals surface area (Å²) in [5, 5.41) is 9.95. The number of imidazole rings is 1. The Morgan fingerprint density at radius 2 is 1.77 bits per heavy atom. The summed E-state index contributed by atoms with van der Waals surface area (Å²) in [7, 11) is 0. The third-order valence-corrected chi connectivity index (χ3v) is 7.19. The quantitative estimate of drug-likeness (QED) is 0.308. The van der Waals surface area contributed by atoms with E-state index in [2.05, 4.69) is 19.9 Å². The summed E-state index contributed by atoms with van der Waals surface area (Å²) in [6, 6.07) is 14.9. The molecule has 1 aliphatic rings. The third kappa shape index (κ3) is 5.54. The molecular formula is C29H30ClN5O4. The maximum absolute atomic E-state index is 12.3. The first-order valence-electron chi connectivity index (χ1n) is 13.0. The first-order valence-corrected chi connectivity index (χ1v) is 13.4. The maximum atomic E-state index is 12.3. The van der Waals surface area contributed by atoms with Gasteiger partial charge in [0.2, 0.25) is 5.91 Å². The van der Waals surface area contributed by atoms with Crippen molar-refractivity contribution in [2.45, 2.75) is 27.2 Å². The van der Waals surface area contributed by atoms with E-state index in [9.17, 15) is 14.7 Å². The van der Waals surface area contributed by atoms with E-state index in [0.717, 1.165) is 29.9 Å². The number of nitrogens with zero attached hydrogens (tertiary/aromatic N) is 4. The van der Waals surface area contributed by atoms with Crippen molar-refractivity contribution in [3.63, 3.8) is 0 Å². The molecule has 1 aliphatic heterocycles. The molecule has 0 spiro atoms. The maximum Gasteiger partial charge on any atom is 0.336 e. The number of benzene rings is 2. The lowest BCUT2D eigenvalue weighted by molar-refractivity contribution is -0.134. The first kappa shape index (κ1) is 26.5. The molecule has 9 nitrogen and oxygen atoms in total. The van der Waals surface area contributed by atoms with Crippen LogP contribution < -0.4 is 9.64 Å². The van der Waals surface area contributed by atoms with Crippen LogP contribution in [0.1, 0.15) is 36.7 Å². The highest BCUT2D eigenvalue weighted by Crippen LogP contribution is 2.32. The smallest absolute Gasteiger partial charge is 0.336 e. The van der Waals surface area contributed by atoms with E-state index in [1.165, 1.54) is 6.07 Å². The molecule has 2 N–H and O–H groups in total. The van der Waals surface area contributed by atoms with Gasteiger partial charge in [-0.3, -0.25) is 4.79 Å². The molecular weight excluding hydrogens is 518 g/mol. The van der Waals surface area contributed by atoms with Crippen LogP contribution in [0.5, 0.6) is 11.8 Å². The molecule has 39 heavy (non-hydrogen) atoms. The zero-order valence-electron chi connectivity index (χ0n) is 22.1. The van der Waals surface area contributed by atoms with Gasteiger partial charge in [0, 0.05) is 43.3 Å². The van der Waals surface area contributed by atoms with Crippen LogP contribution in [0.2, 0.25) is 5.02 Å². The van der Waals surface area contributed by atoms with Crippen LogP contribution in [0.25, 0.3) is 22.4 Å². The van der Waals surface area contributed by atoms with Crippen LogP contribution in [-0.4, -0.2) is 63.0 Å². The van der Waals surface area contributed by atoms with Crippen molar-refractivity contribution in [1.29, 1.82) is 0 Å². The van der Waals surface area contributed by atoms with Crippen LogP contribution in [0.15, 0.2) is 48.5 Å². The highest BCUT2D eigenvalue weighted by Gasteiger charge is 2.23. The van der Waals surface area contributed by atoms with Gasteiger partial charge < -0.3 is 24.6 Å². The van der Waals surface area contributed by atoms with Gasteiger partial charge in [0.05, 0.1) is 21.8 Å². The Kier molecular flexibility index (Phi) is 7.43. The molecule has 0 aliphatic carbocycles. The topological polar surface area (TPSA) is 112 Å². The van der Waals surface area contributed by atoms with Gasteiger partial charge in [-0.15, -0.1) is 0 Å². The number of carbonyl (C=O) groups is 2. The summed E-state index contributed by atoms with van der Waals surface area (Å²) in [6.07, 6.45) is 0.606. The lowest BCUT2D eigenvalue weighted by Gasteiger charge is -2.37. The fourth-order valence-corrected chi connectivity index (χ4v) is 5.03. The second-order valence-corrected chi connectivity index (χ2v) is 10.2. The summed E-state index contributed by atoms with van der Waals surface area (Å²) >= 11 is 6.59. The average Bonchev–Trinajstić information content (AvgIpc) is 3.33. The van der Waals surface area contributed by atoms with Gasteiger partial charge in [0.25, 0.3) is 0 Å². The van der Waals surface area contributed by atoms with E-state index in [1.807, 2.05) is 49.9 Å². The lowest BCUT2D eigenvalue weighted by atomic mass is 10.1. The molecule has 0 radical (unpaired) electrons.